The van der Waals surface area contributed by atoms with Crippen molar-refractivity contribution in [1.82, 2.24) is 0 Å². The zero-order valence-corrected chi connectivity index (χ0v) is 15.7. The van der Waals surface area contributed by atoms with Crippen LogP contribution in [-0.4, -0.2) is 36.0 Å². The van der Waals surface area contributed by atoms with Gasteiger partial charge in [-0.3, -0.25) is 20.2 Å². The van der Waals surface area contributed by atoms with Gasteiger partial charge in [0.1, 0.15) is 0 Å². The molecule has 8 heteroatoms. The molecule has 1 heterocycles. The third-order valence-corrected chi connectivity index (χ3v) is 5.06. The quantitative estimate of drug-likeness (QED) is 0.573. The van der Waals surface area contributed by atoms with Gasteiger partial charge < -0.3 is 9.80 Å². The van der Waals surface area contributed by atoms with E-state index in [1.807, 2.05) is 24.3 Å². The Kier molecular flexibility index (Phi) is 6.41. The Labute approximate surface area is 163 Å². The molecular formula is C20H24N4O4. The first-order valence-corrected chi connectivity index (χ1v) is 9.53. The molecule has 0 N–H and O–H groups in total. The van der Waals surface area contributed by atoms with Crippen LogP contribution in [0.3, 0.4) is 0 Å². The maximum atomic E-state index is 10.8. The van der Waals surface area contributed by atoms with Crippen LogP contribution >= 0.6 is 0 Å². The molecule has 0 amide bonds. The van der Waals surface area contributed by atoms with Gasteiger partial charge in [-0.1, -0.05) is 0 Å². The molecule has 1 aliphatic rings. The molecule has 1 saturated heterocycles. The predicted molar refractivity (Wildman–Crippen MR) is 109 cm³/mol. The number of benzene rings is 2. The van der Waals surface area contributed by atoms with Gasteiger partial charge in [0.05, 0.1) is 9.85 Å². The minimum Gasteiger partial charge on any atom is -0.372 e. The van der Waals surface area contributed by atoms with Crippen molar-refractivity contribution >= 4 is 22.7 Å². The van der Waals surface area contributed by atoms with Crippen LogP contribution in [0.2, 0.25) is 0 Å². The molecule has 148 valence electrons. The van der Waals surface area contributed by atoms with E-state index in [4.69, 9.17) is 0 Å². The van der Waals surface area contributed by atoms with Gasteiger partial charge in [0, 0.05) is 61.8 Å². The number of rotatable bonds is 4. The van der Waals surface area contributed by atoms with Crippen molar-refractivity contribution in [3.63, 3.8) is 0 Å². The van der Waals surface area contributed by atoms with Crippen molar-refractivity contribution in [2.24, 2.45) is 0 Å². The van der Waals surface area contributed by atoms with Gasteiger partial charge in [0.25, 0.3) is 11.4 Å². The Morgan fingerprint density at radius 3 is 1.11 bits per heavy atom. The molecule has 3 rings (SSSR count). The normalized spacial score (nSPS) is 15.9. The SMILES string of the molecule is O=[N+]([O-])c1ccc(N2CCCCN(c3ccc([N+](=O)[O-])cc3)CCCC2)cc1. The molecule has 0 aliphatic carbocycles. The van der Waals surface area contributed by atoms with Crippen LogP contribution in [0.15, 0.2) is 48.5 Å². The average Bonchev–Trinajstić information content (AvgIpc) is 2.71. The minimum atomic E-state index is -0.376. The zero-order valence-electron chi connectivity index (χ0n) is 15.7. The Bertz CT molecular complexity index is 726. The van der Waals surface area contributed by atoms with E-state index in [0.29, 0.717) is 0 Å². The number of hydrogen-bond acceptors (Lipinski definition) is 6. The van der Waals surface area contributed by atoms with Gasteiger partial charge >= 0.3 is 0 Å². The maximum absolute atomic E-state index is 10.8. The first-order chi connectivity index (χ1) is 13.5. The Balaban J connectivity index is 1.59. The van der Waals surface area contributed by atoms with E-state index in [9.17, 15) is 20.2 Å². The van der Waals surface area contributed by atoms with Crippen molar-refractivity contribution in [3.8, 4) is 0 Å². The summed E-state index contributed by atoms with van der Waals surface area (Å²) >= 11 is 0. The molecule has 0 atom stereocenters. The highest BCUT2D eigenvalue weighted by Gasteiger charge is 2.14. The summed E-state index contributed by atoms with van der Waals surface area (Å²) in [7, 11) is 0. The highest BCUT2D eigenvalue weighted by Crippen LogP contribution is 2.23. The van der Waals surface area contributed by atoms with E-state index in [-0.39, 0.29) is 21.2 Å². The number of anilines is 2. The van der Waals surface area contributed by atoms with E-state index in [2.05, 4.69) is 9.80 Å². The summed E-state index contributed by atoms with van der Waals surface area (Å²) < 4.78 is 0. The van der Waals surface area contributed by atoms with Crippen LogP contribution in [0.4, 0.5) is 22.7 Å². The molecular weight excluding hydrogens is 360 g/mol. The van der Waals surface area contributed by atoms with Crippen LogP contribution in [0, 0.1) is 20.2 Å². The lowest BCUT2D eigenvalue weighted by molar-refractivity contribution is -0.385. The summed E-state index contributed by atoms with van der Waals surface area (Å²) in [5.41, 5.74) is 2.28. The van der Waals surface area contributed by atoms with Crippen molar-refractivity contribution in [2.45, 2.75) is 25.7 Å². The van der Waals surface area contributed by atoms with Gasteiger partial charge in [-0.05, 0) is 49.9 Å². The van der Waals surface area contributed by atoms with E-state index in [0.717, 1.165) is 63.2 Å². The highest BCUT2D eigenvalue weighted by atomic mass is 16.6. The van der Waals surface area contributed by atoms with Crippen LogP contribution in [0.1, 0.15) is 25.7 Å². The lowest BCUT2D eigenvalue weighted by Crippen LogP contribution is -2.31. The molecule has 28 heavy (non-hydrogen) atoms. The van der Waals surface area contributed by atoms with E-state index in [1.54, 1.807) is 24.3 Å². The monoisotopic (exact) mass is 384 g/mol. The second kappa shape index (κ2) is 9.16. The van der Waals surface area contributed by atoms with Crippen molar-refractivity contribution in [3.05, 3.63) is 68.8 Å². The van der Waals surface area contributed by atoms with Crippen molar-refractivity contribution in [1.29, 1.82) is 0 Å². The fraction of sp³-hybridized carbons (Fsp3) is 0.400. The van der Waals surface area contributed by atoms with Gasteiger partial charge in [0.2, 0.25) is 0 Å². The topological polar surface area (TPSA) is 92.8 Å². The molecule has 0 saturated carbocycles. The van der Waals surface area contributed by atoms with Gasteiger partial charge in [-0.25, -0.2) is 0 Å². The summed E-state index contributed by atoms with van der Waals surface area (Å²) in [6, 6.07) is 13.5. The second-order valence-electron chi connectivity index (χ2n) is 6.94. The van der Waals surface area contributed by atoms with Crippen LogP contribution in [0.25, 0.3) is 0 Å². The first kappa shape index (κ1) is 19.6. The summed E-state index contributed by atoms with van der Waals surface area (Å²) in [5.74, 6) is 0. The first-order valence-electron chi connectivity index (χ1n) is 9.53. The van der Waals surface area contributed by atoms with Crippen molar-refractivity contribution < 1.29 is 9.85 Å². The standard InChI is InChI=1S/C20H24N4O4/c25-23(26)19-9-5-17(6-10-19)21-13-1-2-14-22(16-4-3-15-21)18-7-11-20(12-8-18)24(27)28/h5-12H,1-4,13-16H2. The zero-order chi connectivity index (χ0) is 19.9. The Morgan fingerprint density at radius 1 is 0.571 bits per heavy atom. The number of nitrogens with zero attached hydrogens (tertiary/aromatic N) is 4. The molecule has 0 unspecified atom stereocenters. The molecule has 0 bridgehead atoms. The molecule has 0 aromatic heterocycles. The third kappa shape index (κ3) is 4.97. The predicted octanol–water partition coefficient (Wildman–Crippen LogP) is 4.39. The average molecular weight is 384 g/mol. The van der Waals surface area contributed by atoms with Gasteiger partial charge in [-0.15, -0.1) is 0 Å². The number of nitro groups is 2. The highest BCUT2D eigenvalue weighted by molar-refractivity contribution is 5.52. The van der Waals surface area contributed by atoms with Gasteiger partial charge in [-0.2, -0.15) is 0 Å². The summed E-state index contributed by atoms with van der Waals surface area (Å²) in [4.78, 5) is 25.5. The Hall–Kier alpha value is -3.16. The molecule has 2 aromatic carbocycles. The third-order valence-electron chi connectivity index (χ3n) is 5.06. The number of nitro benzene ring substituents is 2. The van der Waals surface area contributed by atoms with Crippen LogP contribution in [-0.2, 0) is 0 Å². The number of non-ortho nitro benzene ring substituents is 2. The minimum absolute atomic E-state index is 0.114. The molecule has 2 aromatic rings. The summed E-state index contributed by atoms with van der Waals surface area (Å²) in [6.07, 6.45) is 4.06. The molecule has 0 radical (unpaired) electrons. The smallest absolute Gasteiger partial charge is 0.269 e. The van der Waals surface area contributed by atoms with Gasteiger partial charge in [0.15, 0.2) is 0 Å². The van der Waals surface area contributed by atoms with E-state index in [1.165, 1.54) is 0 Å². The largest absolute Gasteiger partial charge is 0.372 e. The molecule has 0 spiro atoms. The fourth-order valence-corrected chi connectivity index (χ4v) is 3.52. The van der Waals surface area contributed by atoms with Crippen molar-refractivity contribution in [2.75, 3.05) is 36.0 Å². The molecule has 8 nitrogen and oxygen atoms in total. The van der Waals surface area contributed by atoms with Crippen LogP contribution < -0.4 is 9.80 Å². The van der Waals surface area contributed by atoms with E-state index < -0.39 is 0 Å². The van der Waals surface area contributed by atoms with Crippen LogP contribution in [0.5, 0.6) is 0 Å². The summed E-state index contributed by atoms with van der Waals surface area (Å²) in [6.45, 7) is 3.63. The number of hydrogen-bond donors (Lipinski definition) is 0. The molecule has 1 fully saturated rings. The lowest BCUT2D eigenvalue weighted by Gasteiger charge is -2.30. The summed E-state index contributed by atoms with van der Waals surface area (Å²) in [5, 5.41) is 21.7. The second-order valence-corrected chi connectivity index (χ2v) is 6.94. The maximum Gasteiger partial charge on any atom is 0.269 e. The van der Waals surface area contributed by atoms with E-state index >= 15 is 0 Å². The fourth-order valence-electron chi connectivity index (χ4n) is 3.52. The lowest BCUT2D eigenvalue weighted by atomic mass is 10.1. The molecule has 1 aliphatic heterocycles. The Morgan fingerprint density at radius 2 is 0.857 bits per heavy atom.